The highest BCUT2D eigenvalue weighted by Crippen LogP contribution is 2.22. The number of amides is 2. The molecule has 1 aromatic carbocycles. The van der Waals surface area contributed by atoms with Gasteiger partial charge < -0.3 is 19.9 Å². The predicted octanol–water partition coefficient (Wildman–Crippen LogP) is 0.267. The maximum atomic E-state index is 12.3. The lowest BCUT2D eigenvalue weighted by atomic mass is 10.0. The molecule has 7 nitrogen and oxygen atoms in total. The van der Waals surface area contributed by atoms with Gasteiger partial charge in [0.05, 0.1) is 0 Å². The number of fused-ring (bicyclic) bond motifs is 1. The number of hydrogen-bond donors (Lipinski definition) is 2. The van der Waals surface area contributed by atoms with Crippen molar-refractivity contribution in [2.24, 2.45) is 7.05 Å². The monoisotopic (exact) mass is 329 g/mol. The van der Waals surface area contributed by atoms with Crippen LogP contribution in [0.1, 0.15) is 12.5 Å². The van der Waals surface area contributed by atoms with E-state index >= 15 is 0 Å². The first-order valence-electron chi connectivity index (χ1n) is 7.72. The van der Waals surface area contributed by atoms with Gasteiger partial charge in [0.2, 0.25) is 11.8 Å². The summed E-state index contributed by atoms with van der Waals surface area (Å²) in [6.45, 7) is 1.10. The minimum atomic E-state index is -0.842. The Labute approximate surface area is 139 Å². The third kappa shape index (κ3) is 3.10. The average Bonchev–Trinajstić information content (AvgIpc) is 2.86. The van der Waals surface area contributed by atoms with Crippen LogP contribution in [0, 0.1) is 0 Å². The number of rotatable bonds is 4. The van der Waals surface area contributed by atoms with E-state index in [-0.39, 0.29) is 18.4 Å². The summed E-state index contributed by atoms with van der Waals surface area (Å²) in [5, 5.41) is 6.38. The van der Waals surface area contributed by atoms with Crippen LogP contribution in [0.25, 0.3) is 10.9 Å². The van der Waals surface area contributed by atoms with E-state index in [2.05, 4.69) is 10.6 Å². The van der Waals surface area contributed by atoms with Gasteiger partial charge in [-0.3, -0.25) is 14.4 Å². The van der Waals surface area contributed by atoms with Gasteiger partial charge in [0.25, 0.3) is 0 Å². The predicted molar refractivity (Wildman–Crippen MR) is 87.1 cm³/mol. The van der Waals surface area contributed by atoms with Crippen molar-refractivity contribution in [2.75, 3.05) is 6.61 Å². The topological polar surface area (TPSA) is 89.4 Å². The van der Waals surface area contributed by atoms with Gasteiger partial charge in [0.15, 0.2) is 0 Å². The lowest BCUT2D eigenvalue weighted by Gasteiger charge is -2.29. The SMILES string of the molecule is CC(=O)OC[C@H]1NC(=O)[C@@H](Cc2cn(C)c3ccccc23)NC1=O. The number of hydrogen-bond acceptors (Lipinski definition) is 4. The van der Waals surface area contributed by atoms with E-state index < -0.39 is 18.1 Å². The normalized spacial score (nSPS) is 20.6. The summed E-state index contributed by atoms with van der Waals surface area (Å²) in [6, 6.07) is 6.42. The van der Waals surface area contributed by atoms with E-state index in [4.69, 9.17) is 4.74 Å². The Morgan fingerprint density at radius 1 is 1.17 bits per heavy atom. The lowest BCUT2D eigenvalue weighted by Crippen LogP contribution is -2.63. The molecular formula is C17H19N3O4. The zero-order chi connectivity index (χ0) is 17.3. The van der Waals surface area contributed by atoms with Crippen molar-refractivity contribution in [2.45, 2.75) is 25.4 Å². The van der Waals surface area contributed by atoms with Crippen molar-refractivity contribution in [3.63, 3.8) is 0 Å². The highest BCUT2D eigenvalue weighted by molar-refractivity contribution is 5.97. The molecule has 1 aliphatic heterocycles. The van der Waals surface area contributed by atoms with Crippen molar-refractivity contribution in [3.05, 3.63) is 36.0 Å². The van der Waals surface area contributed by atoms with Crippen LogP contribution in [-0.2, 0) is 32.6 Å². The zero-order valence-corrected chi connectivity index (χ0v) is 13.5. The number of carbonyl (C=O) groups is 3. The third-order valence-corrected chi connectivity index (χ3v) is 4.12. The van der Waals surface area contributed by atoms with Gasteiger partial charge >= 0.3 is 5.97 Å². The molecule has 7 heteroatoms. The first-order chi connectivity index (χ1) is 11.5. The number of piperazine rings is 1. The highest BCUT2D eigenvalue weighted by atomic mass is 16.5. The molecule has 0 bridgehead atoms. The van der Waals surface area contributed by atoms with Crippen molar-refractivity contribution in [3.8, 4) is 0 Å². The lowest BCUT2D eigenvalue weighted by molar-refractivity contribution is -0.146. The molecule has 1 fully saturated rings. The second kappa shape index (κ2) is 6.35. The number of para-hydroxylation sites is 1. The minimum Gasteiger partial charge on any atom is -0.463 e. The van der Waals surface area contributed by atoms with E-state index in [1.54, 1.807) is 0 Å². The number of esters is 1. The fraction of sp³-hybridized carbons (Fsp3) is 0.353. The van der Waals surface area contributed by atoms with E-state index in [9.17, 15) is 14.4 Å². The molecule has 0 radical (unpaired) electrons. The van der Waals surface area contributed by atoms with Crippen LogP contribution in [0.3, 0.4) is 0 Å². The van der Waals surface area contributed by atoms with Crippen LogP contribution in [0.5, 0.6) is 0 Å². The van der Waals surface area contributed by atoms with Crippen LogP contribution in [-0.4, -0.2) is 41.0 Å². The average molecular weight is 329 g/mol. The van der Waals surface area contributed by atoms with E-state index in [1.807, 2.05) is 42.1 Å². The number of carbonyl (C=O) groups excluding carboxylic acids is 3. The number of nitrogens with one attached hydrogen (secondary N) is 2. The fourth-order valence-electron chi connectivity index (χ4n) is 2.95. The molecule has 0 saturated carbocycles. The summed E-state index contributed by atoms with van der Waals surface area (Å²) in [7, 11) is 1.94. The summed E-state index contributed by atoms with van der Waals surface area (Å²) in [4.78, 5) is 35.2. The second-order valence-electron chi connectivity index (χ2n) is 5.91. The number of nitrogens with zero attached hydrogens (tertiary/aromatic N) is 1. The van der Waals surface area contributed by atoms with Gasteiger partial charge in [0, 0.05) is 37.5 Å². The van der Waals surface area contributed by atoms with Crippen molar-refractivity contribution in [1.29, 1.82) is 0 Å². The van der Waals surface area contributed by atoms with Gasteiger partial charge in [-0.1, -0.05) is 18.2 Å². The molecular weight excluding hydrogens is 310 g/mol. The zero-order valence-electron chi connectivity index (χ0n) is 13.5. The Morgan fingerprint density at radius 3 is 2.58 bits per heavy atom. The Bertz CT molecular complexity index is 811. The summed E-state index contributed by atoms with van der Waals surface area (Å²) < 4.78 is 6.79. The quantitative estimate of drug-likeness (QED) is 0.788. The van der Waals surface area contributed by atoms with Crippen molar-refractivity contribution in [1.82, 2.24) is 15.2 Å². The number of aryl methyl sites for hydroxylation is 1. The Balaban J connectivity index is 1.73. The molecule has 2 atom stereocenters. The van der Waals surface area contributed by atoms with Crippen molar-refractivity contribution >= 4 is 28.7 Å². The molecule has 24 heavy (non-hydrogen) atoms. The van der Waals surface area contributed by atoms with Crippen molar-refractivity contribution < 1.29 is 19.1 Å². The second-order valence-corrected chi connectivity index (χ2v) is 5.91. The Hall–Kier alpha value is -2.83. The molecule has 2 aromatic rings. The smallest absolute Gasteiger partial charge is 0.302 e. The number of benzene rings is 1. The molecule has 2 heterocycles. The Morgan fingerprint density at radius 2 is 1.83 bits per heavy atom. The molecule has 1 aromatic heterocycles. The maximum Gasteiger partial charge on any atom is 0.302 e. The van der Waals surface area contributed by atoms with Crippen LogP contribution in [0.15, 0.2) is 30.5 Å². The molecule has 1 saturated heterocycles. The van der Waals surface area contributed by atoms with Crippen LogP contribution in [0.2, 0.25) is 0 Å². The van der Waals surface area contributed by atoms with E-state index in [0.717, 1.165) is 16.5 Å². The molecule has 2 amide bonds. The molecule has 0 spiro atoms. The van der Waals surface area contributed by atoms with E-state index in [1.165, 1.54) is 6.92 Å². The molecule has 3 rings (SSSR count). The van der Waals surface area contributed by atoms with Gasteiger partial charge in [-0.05, 0) is 11.6 Å². The van der Waals surface area contributed by atoms with Crippen LogP contribution >= 0.6 is 0 Å². The minimum absolute atomic E-state index is 0.159. The van der Waals surface area contributed by atoms with Gasteiger partial charge in [0.1, 0.15) is 18.7 Å². The van der Waals surface area contributed by atoms with Gasteiger partial charge in [-0.25, -0.2) is 0 Å². The number of aromatic nitrogens is 1. The highest BCUT2D eigenvalue weighted by Gasteiger charge is 2.34. The third-order valence-electron chi connectivity index (χ3n) is 4.12. The van der Waals surface area contributed by atoms with Gasteiger partial charge in [-0.15, -0.1) is 0 Å². The fourth-order valence-corrected chi connectivity index (χ4v) is 2.95. The summed E-state index contributed by atoms with van der Waals surface area (Å²) >= 11 is 0. The van der Waals surface area contributed by atoms with Crippen LogP contribution in [0.4, 0.5) is 0 Å². The molecule has 126 valence electrons. The summed E-state index contributed by atoms with van der Waals surface area (Å²) in [5.41, 5.74) is 2.06. The first kappa shape index (κ1) is 16.0. The van der Waals surface area contributed by atoms with Crippen LogP contribution < -0.4 is 10.6 Å². The first-order valence-corrected chi connectivity index (χ1v) is 7.72. The standard InChI is InChI=1S/C17H19N3O4/c1-10(21)24-9-14-17(23)18-13(16(22)19-14)7-11-8-20(2)15-6-4-3-5-12(11)15/h3-6,8,13-14H,7,9H2,1-2H3,(H,18,23)(H,19,22)/t13-,14-/m1/s1. The Kier molecular flexibility index (Phi) is 4.24. The molecule has 0 unspecified atom stereocenters. The summed E-state index contributed by atoms with van der Waals surface area (Å²) in [5.74, 6) is -1.12. The molecule has 2 N–H and O–H groups in total. The van der Waals surface area contributed by atoms with Gasteiger partial charge in [-0.2, -0.15) is 0 Å². The molecule has 1 aliphatic rings. The largest absolute Gasteiger partial charge is 0.463 e. The maximum absolute atomic E-state index is 12.3. The summed E-state index contributed by atoms with van der Waals surface area (Å²) in [6.07, 6.45) is 2.37. The van der Waals surface area contributed by atoms with E-state index in [0.29, 0.717) is 6.42 Å². The number of ether oxygens (including phenoxy) is 1. The molecule has 0 aliphatic carbocycles.